The van der Waals surface area contributed by atoms with Crippen LogP contribution in [0.5, 0.6) is 11.5 Å². The summed E-state index contributed by atoms with van der Waals surface area (Å²) in [5.41, 5.74) is 2.21. The maximum atomic E-state index is 10.8. The molecule has 2 aromatic carbocycles. The van der Waals surface area contributed by atoms with Crippen molar-refractivity contribution in [2.75, 3.05) is 26.4 Å². The summed E-state index contributed by atoms with van der Waals surface area (Å²) in [5.74, 6) is -0.222. The first kappa shape index (κ1) is 21.6. The molecule has 32 heavy (non-hydrogen) atoms. The molecule has 0 aromatic heterocycles. The van der Waals surface area contributed by atoms with Crippen LogP contribution in [0.1, 0.15) is 29.2 Å². The van der Waals surface area contributed by atoms with Crippen LogP contribution >= 0.6 is 0 Å². The second-order valence-electron chi connectivity index (χ2n) is 8.65. The Kier molecular flexibility index (Phi) is 5.40. The molecule has 4 N–H and O–H groups in total. The number of ether oxygens (including phenoxy) is 4. The summed E-state index contributed by atoms with van der Waals surface area (Å²) in [6.45, 7) is 2.43. The lowest BCUT2D eigenvalue weighted by Crippen LogP contribution is -2.65. The van der Waals surface area contributed by atoms with Gasteiger partial charge in [0.2, 0.25) is 5.79 Å². The number of hydrogen-bond donors (Lipinski definition) is 4. The highest BCUT2D eigenvalue weighted by molar-refractivity contribution is 5.46. The molecular weight excluding hydrogens is 416 g/mol. The van der Waals surface area contributed by atoms with Crippen molar-refractivity contribution in [1.29, 1.82) is 0 Å². The monoisotopic (exact) mass is 444 g/mol. The highest BCUT2D eigenvalue weighted by Gasteiger charge is 2.67. The average Bonchev–Trinajstić information content (AvgIpc) is 3.22. The number of aliphatic hydroxyl groups excluding tert-OH is 4. The van der Waals surface area contributed by atoms with Gasteiger partial charge in [-0.15, -0.1) is 0 Å². The Morgan fingerprint density at radius 3 is 2.47 bits per heavy atom. The van der Waals surface area contributed by atoms with E-state index in [0.717, 1.165) is 34.6 Å². The van der Waals surface area contributed by atoms with E-state index in [2.05, 4.69) is 6.92 Å². The zero-order valence-electron chi connectivity index (χ0n) is 17.9. The van der Waals surface area contributed by atoms with Gasteiger partial charge in [0.15, 0.2) is 11.5 Å². The first-order valence-electron chi connectivity index (χ1n) is 10.9. The Morgan fingerprint density at radius 2 is 1.72 bits per heavy atom. The maximum absolute atomic E-state index is 10.8. The van der Waals surface area contributed by atoms with Gasteiger partial charge in [-0.05, 0) is 47.7 Å². The van der Waals surface area contributed by atoms with Gasteiger partial charge in [0.05, 0.1) is 13.2 Å². The van der Waals surface area contributed by atoms with Crippen molar-refractivity contribution in [3.63, 3.8) is 0 Å². The molecule has 3 aliphatic rings. The van der Waals surface area contributed by atoms with Crippen LogP contribution in [0.2, 0.25) is 0 Å². The molecule has 3 heterocycles. The van der Waals surface area contributed by atoms with Gasteiger partial charge in [0, 0.05) is 5.56 Å². The zero-order chi connectivity index (χ0) is 22.5. The lowest BCUT2D eigenvalue weighted by atomic mass is 9.83. The number of hydrogen-bond acceptors (Lipinski definition) is 8. The van der Waals surface area contributed by atoms with Crippen LogP contribution in [0.4, 0.5) is 0 Å². The predicted octanol–water partition coefficient (Wildman–Crippen LogP) is 0.638. The van der Waals surface area contributed by atoms with Crippen molar-refractivity contribution >= 4 is 0 Å². The van der Waals surface area contributed by atoms with Crippen LogP contribution in [-0.2, 0) is 28.1 Å². The topological polar surface area (TPSA) is 118 Å². The van der Waals surface area contributed by atoms with Crippen molar-refractivity contribution < 1.29 is 39.4 Å². The Bertz CT molecular complexity index is 1010. The fourth-order valence-corrected chi connectivity index (χ4v) is 4.84. The van der Waals surface area contributed by atoms with E-state index in [1.54, 1.807) is 6.07 Å². The van der Waals surface area contributed by atoms with E-state index >= 15 is 0 Å². The van der Waals surface area contributed by atoms with E-state index in [1.165, 1.54) is 0 Å². The number of fused-ring (bicyclic) bond motifs is 3. The van der Waals surface area contributed by atoms with Crippen LogP contribution in [-0.4, -0.2) is 70.8 Å². The Labute approximate surface area is 185 Å². The molecule has 0 radical (unpaired) electrons. The van der Waals surface area contributed by atoms with Gasteiger partial charge < -0.3 is 39.4 Å². The summed E-state index contributed by atoms with van der Waals surface area (Å²) < 4.78 is 23.2. The van der Waals surface area contributed by atoms with Crippen molar-refractivity contribution in [3.8, 4) is 11.5 Å². The van der Waals surface area contributed by atoms with Gasteiger partial charge in [-0.2, -0.15) is 0 Å². The Morgan fingerprint density at radius 1 is 0.938 bits per heavy atom. The summed E-state index contributed by atoms with van der Waals surface area (Å²) in [6.07, 6.45) is -3.10. The highest BCUT2D eigenvalue weighted by Crippen LogP contribution is 2.49. The number of aliphatic hydroxyl groups is 4. The molecule has 0 amide bonds. The fraction of sp³-hybridized carbons (Fsp3) is 0.500. The van der Waals surface area contributed by atoms with E-state index in [1.807, 2.05) is 30.3 Å². The summed E-state index contributed by atoms with van der Waals surface area (Å²) >= 11 is 0. The van der Waals surface area contributed by atoms with Crippen molar-refractivity contribution in [1.82, 2.24) is 0 Å². The summed E-state index contributed by atoms with van der Waals surface area (Å²) in [4.78, 5) is 0. The van der Waals surface area contributed by atoms with Crippen LogP contribution in [0.25, 0.3) is 0 Å². The molecule has 2 saturated heterocycles. The normalized spacial score (nSPS) is 33.3. The second-order valence-corrected chi connectivity index (χ2v) is 8.65. The molecule has 0 spiro atoms. The van der Waals surface area contributed by atoms with Crippen LogP contribution in [0.15, 0.2) is 36.4 Å². The Balaban J connectivity index is 1.51. The van der Waals surface area contributed by atoms with Gasteiger partial charge in [-0.3, -0.25) is 0 Å². The first-order chi connectivity index (χ1) is 15.4. The molecule has 2 bridgehead atoms. The minimum Gasteiger partial charge on any atom is -0.486 e. The SMILES string of the molecule is CCc1ccc(C23OC[C@](CO)(O2)C(O)C(O)C3O)cc1Cc1ccc2c(c1)OCCO2. The van der Waals surface area contributed by atoms with Crippen molar-refractivity contribution in [2.45, 2.75) is 49.5 Å². The third-order valence-corrected chi connectivity index (χ3v) is 6.72. The molecule has 2 fully saturated rings. The lowest BCUT2D eigenvalue weighted by Gasteiger charge is -2.46. The molecule has 5 atom stereocenters. The molecule has 8 heteroatoms. The lowest BCUT2D eigenvalue weighted by molar-refractivity contribution is -0.329. The van der Waals surface area contributed by atoms with Gasteiger partial charge in [-0.25, -0.2) is 0 Å². The minimum absolute atomic E-state index is 0.147. The molecule has 172 valence electrons. The maximum Gasteiger partial charge on any atom is 0.225 e. The fourth-order valence-electron chi connectivity index (χ4n) is 4.84. The van der Waals surface area contributed by atoms with Gasteiger partial charge >= 0.3 is 0 Å². The molecule has 8 nitrogen and oxygen atoms in total. The third-order valence-electron chi connectivity index (χ3n) is 6.72. The van der Waals surface area contributed by atoms with Crippen molar-refractivity contribution in [2.24, 2.45) is 0 Å². The standard InChI is InChI=1S/C24H28O8/c1-2-15-4-5-17(24-22(28)20(26)21(27)23(12-25,32-24)13-31-24)11-16(15)9-14-3-6-18-19(10-14)30-8-7-29-18/h3-6,10-11,20-22,25-28H,2,7-9,12-13H2,1H3/t20?,21?,22?,23-,24?/m0/s1. The molecule has 2 aromatic rings. The van der Waals surface area contributed by atoms with Crippen molar-refractivity contribution in [3.05, 3.63) is 58.7 Å². The quantitative estimate of drug-likeness (QED) is 0.531. The van der Waals surface area contributed by atoms with E-state index < -0.39 is 36.3 Å². The van der Waals surface area contributed by atoms with Gasteiger partial charge in [0.25, 0.3) is 0 Å². The van der Waals surface area contributed by atoms with Gasteiger partial charge in [-0.1, -0.05) is 25.1 Å². The largest absolute Gasteiger partial charge is 0.486 e. The molecule has 0 saturated carbocycles. The number of aryl methyl sites for hydroxylation is 1. The predicted molar refractivity (Wildman–Crippen MR) is 113 cm³/mol. The minimum atomic E-state index is -1.67. The molecule has 0 aliphatic carbocycles. The summed E-state index contributed by atoms with van der Waals surface area (Å²) in [6, 6.07) is 11.5. The molecule has 5 rings (SSSR count). The van der Waals surface area contributed by atoms with Crippen LogP contribution in [0, 0.1) is 0 Å². The van der Waals surface area contributed by atoms with E-state index in [9.17, 15) is 20.4 Å². The third kappa shape index (κ3) is 3.22. The highest BCUT2D eigenvalue weighted by atomic mass is 16.8. The van der Waals surface area contributed by atoms with Gasteiger partial charge in [0.1, 0.15) is 37.1 Å². The summed E-state index contributed by atoms with van der Waals surface area (Å²) in [5, 5.41) is 41.5. The molecular formula is C24H28O8. The molecule has 4 unspecified atom stereocenters. The smallest absolute Gasteiger partial charge is 0.225 e. The van der Waals surface area contributed by atoms with Crippen LogP contribution in [0.3, 0.4) is 0 Å². The average molecular weight is 444 g/mol. The molecule has 3 aliphatic heterocycles. The number of benzene rings is 2. The van der Waals surface area contributed by atoms with E-state index in [4.69, 9.17) is 18.9 Å². The number of rotatable bonds is 5. The van der Waals surface area contributed by atoms with E-state index in [0.29, 0.717) is 25.2 Å². The second kappa shape index (κ2) is 7.98. The van der Waals surface area contributed by atoms with E-state index in [-0.39, 0.29) is 6.61 Å². The zero-order valence-corrected chi connectivity index (χ0v) is 17.9. The Hall–Kier alpha value is -2.20. The summed E-state index contributed by atoms with van der Waals surface area (Å²) in [7, 11) is 0. The first-order valence-corrected chi connectivity index (χ1v) is 10.9. The van der Waals surface area contributed by atoms with Crippen LogP contribution < -0.4 is 9.47 Å².